The van der Waals surface area contributed by atoms with Gasteiger partial charge < -0.3 is 14.0 Å². The first-order valence-electron chi connectivity index (χ1n) is 10.7. The van der Waals surface area contributed by atoms with Crippen molar-refractivity contribution in [1.82, 2.24) is 4.57 Å². The number of nitrogens with zero attached hydrogens (tertiary/aromatic N) is 1. The molecule has 5 heteroatoms. The Morgan fingerprint density at radius 1 is 1.00 bits per heavy atom. The molecule has 1 aliphatic rings. The van der Waals surface area contributed by atoms with Gasteiger partial charge in [-0.15, -0.1) is 0 Å². The van der Waals surface area contributed by atoms with E-state index < -0.39 is 5.97 Å². The minimum atomic E-state index is -0.433. The van der Waals surface area contributed by atoms with E-state index in [2.05, 4.69) is 11.5 Å². The predicted octanol–water partition coefficient (Wildman–Crippen LogP) is 4.87. The van der Waals surface area contributed by atoms with Crippen molar-refractivity contribution < 1.29 is 19.1 Å². The number of benzene rings is 1. The number of esters is 1. The van der Waals surface area contributed by atoms with Crippen molar-refractivity contribution in [2.45, 2.75) is 74.0 Å². The van der Waals surface area contributed by atoms with Crippen LogP contribution in [0.15, 0.2) is 6.07 Å². The molecule has 0 spiro atoms. The standard InChI is InChI=1S/C25H33NO4/c1-14-11-22(20(7)26(14)12-21-9-8-10-29-21)23(27)13-30-25(28)24-18(5)16(3)15(2)17(4)19(24)6/h11,21H,8-10,12-13H2,1-7H3/t21-/m1/s1. The van der Waals surface area contributed by atoms with Gasteiger partial charge in [0.1, 0.15) is 0 Å². The minimum Gasteiger partial charge on any atom is -0.454 e. The lowest BCUT2D eigenvalue weighted by molar-refractivity contribution is 0.0472. The van der Waals surface area contributed by atoms with Crippen LogP contribution in [0.3, 0.4) is 0 Å². The monoisotopic (exact) mass is 411 g/mol. The average molecular weight is 412 g/mol. The molecular formula is C25H33NO4. The van der Waals surface area contributed by atoms with Gasteiger partial charge in [0.15, 0.2) is 6.61 Å². The summed E-state index contributed by atoms with van der Waals surface area (Å²) < 4.78 is 13.3. The van der Waals surface area contributed by atoms with Crippen LogP contribution in [-0.4, -0.2) is 35.6 Å². The molecule has 0 unspecified atom stereocenters. The van der Waals surface area contributed by atoms with Crippen LogP contribution in [0.25, 0.3) is 0 Å². The number of hydrogen-bond donors (Lipinski definition) is 0. The highest BCUT2D eigenvalue weighted by atomic mass is 16.5. The second-order valence-corrected chi connectivity index (χ2v) is 8.53. The molecular weight excluding hydrogens is 378 g/mol. The first-order chi connectivity index (χ1) is 14.1. The van der Waals surface area contributed by atoms with Crippen molar-refractivity contribution in [3.63, 3.8) is 0 Å². The van der Waals surface area contributed by atoms with Gasteiger partial charge in [0.2, 0.25) is 5.78 Å². The maximum atomic E-state index is 12.8. The molecule has 2 heterocycles. The van der Waals surface area contributed by atoms with Crippen LogP contribution < -0.4 is 0 Å². The van der Waals surface area contributed by atoms with Crippen molar-refractivity contribution >= 4 is 11.8 Å². The molecule has 1 fully saturated rings. The molecule has 30 heavy (non-hydrogen) atoms. The summed E-state index contributed by atoms with van der Waals surface area (Å²) in [7, 11) is 0. The summed E-state index contributed by atoms with van der Waals surface area (Å²) in [4.78, 5) is 25.7. The van der Waals surface area contributed by atoms with Crippen LogP contribution in [-0.2, 0) is 16.0 Å². The molecule has 1 aliphatic heterocycles. The third-order valence-corrected chi connectivity index (χ3v) is 6.82. The van der Waals surface area contributed by atoms with Gasteiger partial charge in [0.05, 0.1) is 11.7 Å². The molecule has 1 atom stereocenters. The highest BCUT2D eigenvalue weighted by molar-refractivity contribution is 6.01. The number of aromatic nitrogens is 1. The smallest absolute Gasteiger partial charge is 0.339 e. The molecule has 0 radical (unpaired) electrons. The highest BCUT2D eigenvalue weighted by Crippen LogP contribution is 2.27. The molecule has 0 N–H and O–H groups in total. The maximum absolute atomic E-state index is 12.8. The van der Waals surface area contributed by atoms with Crippen LogP contribution in [0.4, 0.5) is 0 Å². The Bertz CT molecular complexity index is 964. The van der Waals surface area contributed by atoms with Crippen molar-refractivity contribution in [3.8, 4) is 0 Å². The Morgan fingerprint density at radius 2 is 1.60 bits per heavy atom. The van der Waals surface area contributed by atoms with Gasteiger partial charge in [-0.3, -0.25) is 4.79 Å². The van der Waals surface area contributed by atoms with Crippen LogP contribution in [0.5, 0.6) is 0 Å². The van der Waals surface area contributed by atoms with Gasteiger partial charge in [-0.1, -0.05) is 0 Å². The number of carbonyl (C=O) groups excluding carboxylic acids is 2. The van der Waals surface area contributed by atoms with Crippen molar-refractivity contribution in [2.24, 2.45) is 0 Å². The fourth-order valence-electron chi connectivity index (χ4n) is 4.44. The van der Waals surface area contributed by atoms with E-state index in [1.807, 2.05) is 47.6 Å². The molecule has 1 aromatic carbocycles. The van der Waals surface area contributed by atoms with Crippen LogP contribution >= 0.6 is 0 Å². The second-order valence-electron chi connectivity index (χ2n) is 8.53. The molecule has 1 saturated heterocycles. The lowest BCUT2D eigenvalue weighted by atomic mass is 9.90. The van der Waals surface area contributed by atoms with Gasteiger partial charge in [-0.05, 0) is 95.2 Å². The fraction of sp³-hybridized carbons (Fsp3) is 0.520. The third-order valence-electron chi connectivity index (χ3n) is 6.82. The zero-order valence-corrected chi connectivity index (χ0v) is 19.3. The second kappa shape index (κ2) is 8.76. The van der Waals surface area contributed by atoms with E-state index in [-0.39, 0.29) is 18.5 Å². The summed E-state index contributed by atoms with van der Waals surface area (Å²) in [6, 6.07) is 1.89. The van der Waals surface area contributed by atoms with E-state index in [1.165, 1.54) is 5.56 Å². The summed E-state index contributed by atoms with van der Waals surface area (Å²) >= 11 is 0. The van der Waals surface area contributed by atoms with E-state index in [0.717, 1.165) is 59.6 Å². The van der Waals surface area contributed by atoms with Crippen molar-refractivity contribution in [1.29, 1.82) is 0 Å². The van der Waals surface area contributed by atoms with Crippen molar-refractivity contribution in [2.75, 3.05) is 13.2 Å². The van der Waals surface area contributed by atoms with E-state index in [1.54, 1.807) is 0 Å². The van der Waals surface area contributed by atoms with E-state index in [0.29, 0.717) is 11.1 Å². The summed E-state index contributed by atoms with van der Waals surface area (Å²) in [5.74, 6) is -0.608. The zero-order chi connectivity index (χ0) is 22.2. The number of hydrogen-bond acceptors (Lipinski definition) is 4. The molecule has 0 amide bonds. The Hall–Kier alpha value is -2.40. The largest absolute Gasteiger partial charge is 0.454 e. The maximum Gasteiger partial charge on any atom is 0.339 e. The third kappa shape index (κ3) is 4.08. The summed E-state index contributed by atoms with van der Waals surface area (Å²) in [6.07, 6.45) is 2.34. The molecule has 3 rings (SSSR count). The number of ether oxygens (including phenoxy) is 2. The number of aryl methyl sites for hydroxylation is 1. The number of ketones is 1. The van der Waals surface area contributed by atoms with E-state index >= 15 is 0 Å². The lowest BCUT2D eigenvalue weighted by Crippen LogP contribution is -2.19. The Morgan fingerprint density at radius 3 is 2.17 bits per heavy atom. The number of Topliss-reactive ketones (excluding diaryl/α,β-unsaturated/α-hetero) is 1. The molecule has 0 saturated carbocycles. The number of rotatable bonds is 6. The molecule has 162 valence electrons. The molecule has 0 bridgehead atoms. The van der Waals surface area contributed by atoms with E-state index in [9.17, 15) is 9.59 Å². The highest BCUT2D eigenvalue weighted by Gasteiger charge is 2.23. The normalized spacial score (nSPS) is 16.2. The minimum absolute atomic E-state index is 0.175. The summed E-state index contributed by atoms with van der Waals surface area (Å²) in [5, 5.41) is 0. The zero-order valence-electron chi connectivity index (χ0n) is 19.3. The van der Waals surface area contributed by atoms with Gasteiger partial charge in [-0.2, -0.15) is 0 Å². The van der Waals surface area contributed by atoms with Gasteiger partial charge >= 0.3 is 5.97 Å². The molecule has 5 nitrogen and oxygen atoms in total. The first-order valence-corrected chi connectivity index (χ1v) is 10.7. The predicted molar refractivity (Wildman–Crippen MR) is 118 cm³/mol. The Kier molecular flexibility index (Phi) is 6.51. The Labute approximate surface area is 179 Å². The van der Waals surface area contributed by atoms with Crippen molar-refractivity contribution in [3.05, 3.63) is 56.4 Å². The molecule has 1 aromatic heterocycles. The van der Waals surface area contributed by atoms with Gasteiger partial charge in [0.25, 0.3) is 0 Å². The SMILES string of the molecule is Cc1c(C)c(C)c(C(=O)OCC(=O)c2cc(C)n(C[C@H]3CCCO3)c2C)c(C)c1C. The van der Waals surface area contributed by atoms with Gasteiger partial charge in [0, 0.05) is 30.1 Å². The number of carbonyl (C=O) groups is 2. The summed E-state index contributed by atoms with van der Waals surface area (Å²) in [5.41, 5.74) is 8.33. The topological polar surface area (TPSA) is 57.5 Å². The fourth-order valence-corrected chi connectivity index (χ4v) is 4.44. The van der Waals surface area contributed by atoms with Crippen LogP contribution in [0, 0.1) is 48.5 Å². The molecule has 0 aliphatic carbocycles. The first kappa shape index (κ1) is 22.3. The van der Waals surface area contributed by atoms with Crippen LogP contribution in [0.2, 0.25) is 0 Å². The average Bonchev–Trinajstić information content (AvgIpc) is 3.33. The lowest BCUT2D eigenvalue weighted by Gasteiger charge is -2.17. The van der Waals surface area contributed by atoms with Gasteiger partial charge in [-0.25, -0.2) is 4.79 Å². The van der Waals surface area contributed by atoms with E-state index in [4.69, 9.17) is 9.47 Å². The molecule has 2 aromatic rings. The Balaban J connectivity index is 1.74. The summed E-state index contributed by atoms with van der Waals surface area (Å²) in [6.45, 7) is 15.2. The quantitative estimate of drug-likeness (QED) is 0.503. The van der Waals surface area contributed by atoms with Crippen LogP contribution in [0.1, 0.15) is 72.8 Å².